The van der Waals surface area contributed by atoms with E-state index in [1.165, 1.54) is 0 Å². The summed E-state index contributed by atoms with van der Waals surface area (Å²) in [7, 11) is 3.71. The SMILES string of the molecule is CCOCCN1c2c(Nc3cc(C)ccn3)nc(N3CCN[C@H](C)C3)nc2C(OC)N1C. The lowest BCUT2D eigenvalue weighted by molar-refractivity contribution is -0.0177. The summed E-state index contributed by atoms with van der Waals surface area (Å²) < 4.78 is 11.5. The summed E-state index contributed by atoms with van der Waals surface area (Å²) in [5, 5.41) is 11.1. The van der Waals surface area contributed by atoms with Crippen molar-refractivity contribution in [2.75, 3.05) is 68.8 Å². The van der Waals surface area contributed by atoms with E-state index in [0.29, 0.717) is 31.7 Å². The van der Waals surface area contributed by atoms with Gasteiger partial charge in [-0.05, 0) is 38.5 Å². The quantitative estimate of drug-likeness (QED) is 0.592. The zero-order valence-electron chi connectivity index (χ0n) is 19.6. The maximum Gasteiger partial charge on any atom is 0.227 e. The highest BCUT2D eigenvalue weighted by molar-refractivity contribution is 5.76. The predicted molar refractivity (Wildman–Crippen MR) is 125 cm³/mol. The molecule has 4 heterocycles. The van der Waals surface area contributed by atoms with E-state index in [4.69, 9.17) is 19.4 Å². The lowest BCUT2D eigenvalue weighted by Crippen LogP contribution is -2.49. The molecule has 0 amide bonds. The molecule has 4 rings (SSSR count). The van der Waals surface area contributed by atoms with Gasteiger partial charge in [-0.1, -0.05) is 0 Å². The number of nitrogens with one attached hydrogen (secondary N) is 2. The molecular weight excluding hydrogens is 408 g/mol. The van der Waals surface area contributed by atoms with Crippen LogP contribution in [0.5, 0.6) is 0 Å². The van der Waals surface area contributed by atoms with Crippen molar-refractivity contribution in [1.29, 1.82) is 0 Å². The smallest absolute Gasteiger partial charge is 0.227 e. The standard InChI is InChI=1S/C22H34N8O2/c1-6-32-12-11-30-19-18(21(31-5)28(30)4)26-22(29-10-9-23-16(3)14-29)27-20(19)25-17-13-15(2)7-8-24-17/h7-8,13,16,21,23H,6,9-12,14H2,1-5H3,(H,24,25,26,27)/t16-,21?/m1/s1. The van der Waals surface area contributed by atoms with E-state index < -0.39 is 0 Å². The summed E-state index contributed by atoms with van der Waals surface area (Å²) in [6.07, 6.45) is 1.49. The van der Waals surface area contributed by atoms with E-state index in [1.54, 1.807) is 13.3 Å². The van der Waals surface area contributed by atoms with Gasteiger partial charge >= 0.3 is 0 Å². The number of hydrogen-bond donors (Lipinski definition) is 2. The van der Waals surface area contributed by atoms with Crippen molar-refractivity contribution in [2.45, 2.75) is 33.0 Å². The molecule has 0 aliphatic carbocycles. The minimum absolute atomic E-state index is 0.306. The number of pyridine rings is 1. The number of fused-ring (bicyclic) bond motifs is 1. The Morgan fingerprint density at radius 3 is 2.88 bits per heavy atom. The fourth-order valence-corrected chi connectivity index (χ4v) is 4.25. The van der Waals surface area contributed by atoms with Gasteiger partial charge in [0.1, 0.15) is 17.2 Å². The molecule has 2 aromatic heterocycles. The second-order valence-electron chi connectivity index (χ2n) is 8.23. The zero-order valence-corrected chi connectivity index (χ0v) is 19.6. The van der Waals surface area contributed by atoms with Crippen LogP contribution in [0, 0.1) is 6.92 Å². The van der Waals surface area contributed by atoms with E-state index in [1.807, 2.05) is 33.0 Å². The number of anilines is 4. The van der Waals surface area contributed by atoms with Crippen LogP contribution in [0.25, 0.3) is 0 Å². The number of hydrogen-bond acceptors (Lipinski definition) is 10. The second kappa shape index (κ2) is 9.95. The number of ether oxygens (including phenoxy) is 2. The Bertz CT molecular complexity index is 927. The Morgan fingerprint density at radius 2 is 2.16 bits per heavy atom. The lowest BCUT2D eigenvalue weighted by Gasteiger charge is -2.32. The fourth-order valence-electron chi connectivity index (χ4n) is 4.25. The molecule has 2 atom stereocenters. The van der Waals surface area contributed by atoms with Crippen LogP contribution in [0.4, 0.5) is 23.3 Å². The molecule has 32 heavy (non-hydrogen) atoms. The zero-order chi connectivity index (χ0) is 22.7. The van der Waals surface area contributed by atoms with Crippen LogP contribution in [-0.4, -0.2) is 79.6 Å². The van der Waals surface area contributed by atoms with E-state index in [-0.39, 0.29) is 6.23 Å². The van der Waals surface area contributed by atoms with Crippen LogP contribution in [0.3, 0.4) is 0 Å². The molecule has 0 radical (unpaired) electrons. The van der Waals surface area contributed by atoms with Gasteiger partial charge in [-0.15, -0.1) is 0 Å². The van der Waals surface area contributed by atoms with Gasteiger partial charge < -0.3 is 25.0 Å². The maximum atomic E-state index is 5.85. The summed E-state index contributed by atoms with van der Waals surface area (Å²) in [5.74, 6) is 2.17. The average molecular weight is 443 g/mol. The summed E-state index contributed by atoms with van der Waals surface area (Å²) in [6, 6.07) is 4.36. The number of nitrogens with zero attached hydrogens (tertiary/aromatic N) is 6. The summed E-state index contributed by atoms with van der Waals surface area (Å²) in [4.78, 5) is 16.7. The molecular formula is C22H34N8O2. The average Bonchev–Trinajstić information content (AvgIpc) is 3.05. The van der Waals surface area contributed by atoms with Crippen molar-refractivity contribution < 1.29 is 9.47 Å². The van der Waals surface area contributed by atoms with Crippen LogP contribution in [-0.2, 0) is 9.47 Å². The topological polar surface area (TPSA) is 90.9 Å². The van der Waals surface area contributed by atoms with Crippen molar-refractivity contribution in [3.8, 4) is 0 Å². The number of hydrazine groups is 1. The first-order valence-corrected chi connectivity index (χ1v) is 11.2. The third-order valence-corrected chi connectivity index (χ3v) is 5.80. The molecule has 1 saturated heterocycles. The highest BCUT2D eigenvalue weighted by Gasteiger charge is 2.39. The lowest BCUT2D eigenvalue weighted by atomic mass is 10.2. The molecule has 0 saturated carbocycles. The third kappa shape index (κ3) is 4.63. The van der Waals surface area contributed by atoms with Crippen molar-refractivity contribution in [3.63, 3.8) is 0 Å². The molecule has 174 valence electrons. The number of methoxy groups -OCH3 is 1. The largest absolute Gasteiger partial charge is 0.380 e. The van der Waals surface area contributed by atoms with Gasteiger partial charge in [0, 0.05) is 52.6 Å². The predicted octanol–water partition coefficient (Wildman–Crippen LogP) is 2.07. The van der Waals surface area contributed by atoms with Gasteiger partial charge in [0.25, 0.3) is 0 Å². The van der Waals surface area contributed by atoms with Crippen LogP contribution < -0.4 is 20.5 Å². The van der Waals surface area contributed by atoms with Crippen LogP contribution >= 0.6 is 0 Å². The van der Waals surface area contributed by atoms with Gasteiger partial charge in [-0.3, -0.25) is 5.01 Å². The molecule has 10 nitrogen and oxygen atoms in total. The van der Waals surface area contributed by atoms with Crippen molar-refractivity contribution in [3.05, 3.63) is 29.6 Å². The summed E-state index contributed by atoms with van der Waals surface area (Å²) in [6.45, 7) is 10.8. The van der Waals surface area contributed by atoms with E-state index in [9.17, 15) is 0 Å². The minimum atomic E-state index is -0.306. The molecule has 10 heteroatoms. The van der Waals surface area contributed by atoms with Crippen LogP contribution in [0.2, 0.25) is 0 Å². The highest BCUT2D eigenvalue weighted by Crippen LogP contribution is 2.43. The first kappa shape index (κ1) is 22.7. The minimum Gasteiger partial charge on any atom is -0.380 e. The molecule has 2 N–H and O–H groups in total. The number of aryl methyl sites for hydroxylation is 1. The monoisotopic (exact) mass is 442 g/mol. The normalized spacial score (nSPS) is 21.2. The Kier molecular flexibility index (Phi) is 7.04. The van der Waals surface area contributed by atoms with Gasteiger partial charge in [0.2, 0.25) is 5.95 Å². The molecule has 2 aromatic rings. The third-order valence-electron chi connectivity index (χ3n) is 5.80. The highest BCUT2D eigenvalue weighted by atomic mass is 16.5. The van der Waals surface area contributed by atoms with E-state index >= 15 is 0 Å². The molecule has 0 aromatic carbocycles. The fraction of sp³-hybridized carbons (Fsp3) is 0.591. The molecule has 0 spiro atoms. The number of aromatic nitrogens is 3. The van der Waals surface area contributed by atoms with Gasteiger partial charge in [0.05, 0.1) is 13.2 Å². The second-order valence-corrected chi connectivity index (χ2v) is 8.23. The van der Waals surface area contributed by atoms with Crippen LogP contribution in [0.1, 0.15) is 31.3 Å². The van der Waals surface area contributed by atoms with Crippen LogP contribution in [0.15, 0.2) is 18.3 Å². The first-order chi connectivity index (χ1) is 15.5. The van der Waals surface area contributed by atoms with Gasteiger partial charge in [-0.25, -0.2) is 9.97 Å². The first-order valence-electron chi connectivity index (χ1n) is 11.2. The van der Waals surface area contributed by atoms with Gasteiger partial charge in [0.15, 0.2) is 12.0 Å². The van der Waals surface area contributed by atoms with Crippen molar-refractivity contribution in [2.24, 2.45) is 0 Å². The van der Waals surface area contributed by atoms with E-state index in [2.05, 4.69) is 37.5 Å². The summed E-state index contributed by atoms with van der Waals surface area (Å²) >= 11 is 0. The number of rotatable bonds is 8. The Balaban J connectivity index is 1.77. The van der Waals surface area contributed by atoms with E-state index in [0.717, 1.165) is 48.2 Å². The molecule has 2 aliphatic rings. The molecule has 0 bridgehead atoms. The molecule has 2 aliphatic heterocycles. The molecule has 1 fully saturated rings. The Hall–Kier alpha value is -2.53. The van der Waals surface area contributed by atoms with Crippen molar-refractivity contribution >= 4 is 23.3 Å². The Morgan fingerprint density at radius 1 is 1.31 bits per heavy atom. The maximum absolute atomic E-state index is 5.85. The number of piperazine rings is 1. The Labute approximate surface area is 189 Å². The summed E-state index contributed by atoms with van der Waals surface area (Å²) in [5.41, 5.74) is 2.87. The van der Waals surface area contributed by atoms with Crippen molar-refractivity contribution in [1.82, 2.24) is 25.3 Å². The molecule has 1 unspecified atom stereocenters. The van der Waals surface area contributed by atoms with Gasteiger partial charge in [-0.2, -0.15) is 9.99 Å².